The zero-order valence-electron chi connectivity index (χ0n) is 14.6. The maximum Gasteiger partial charge on any atom is 0.191 e. The number of hydrogen-bond donors (Lipinski definition) is 0. The summed E-state index contributed by atoms with van der Waals surface area (Å²) < 4.78 is 63.3. The molecule has 1 rings (SSSR count). The topological polar surface area (TPSA) is 102 Å². The summed E-state index contributed by atoms with van der Waals surface area (Å²) in [6.07, 6.45) is 3.94. The zero-order valence-corrected chi connectivity index (χ0v) is 17.1. The number of benzene rings is 1. The second-order valence-electron chi connectivity index (χ2n) is 4.69. The predicted octanol–water partition coefficient (Wildman–Crippen LogP) is 2.55. The molecule has 1 aromatic rings. The van der Waals surface area contributed by atoms with Gasteiger partial charge in [0.15, 0.2) is 29.5 Å². The Bertz CT molecular complexity index is 881. The monoisotopic (exact) mass is 420 g/mol. The van der Waals surface area contributed by atoms with Crippen LogP contribution in [0.2, 0.25) is 0 Å². The highest BCUT2D eigenvalue weighted by molar-refractivity contribution is 7.97. The minimum atomic E-state index is -3.13. The molecule has 1 aromatic carbocycles. The third-order valence-corrected chi connectivity index (χ3v) is 5.76. The van der Waals surface area contributed by atoms with E-state index < -0.39 is 29.5 Å². The maximum atomic E-state index is 11.4. The van der Waals surface area contributed by atoms with Crippen molar-refractivity contribution >= 4 is 29.5 Å². The lowest BCUT2D eigenvalue weighted by Crippen LogP contribution is -2.03. The second-order valence-corrected chi connectivity index (χ2v) is 10.8. The van der Waals surface area contributed by atoms with E-state index in [4.69, 9.17) is 0 Å². The van der Waals surface area contributed by atoms with Crippen LogP contribution < -0.4 is 0 Å². The van der Waals surface area contributed by atoms with Gasteiger partial charge in [0.05, 0.1) is 16.4 Å². The van der Waals surface area contributed by atoms with Crippen molar-refractivity contribution in [3.8, 4) is 0 Å². The fourth-order valence-corrected chi connectivity index (χ4v) is 2.80. The van der Waals surface area contributed by atoms with Gasteiger partial charge >= 0.3 is 0 Å². The van der Waals surface area contributed by atoms with E-state index in [1.807, 2.05) is 0 Å². The van der Waals surface area contributed by atoms with Gasteiger partial charge in [0, 0.05) is 17.1 Å². The van der Waals surface area contributed by atoms with Gasteiger partial charge in [0.2, 0.25) is 0 Å². The van der Waals surface area contributed by atoms with Crippen LogP contribution in [0.3, 0.4) is 0 Å². The number of hydrogen-bond acceptors (Lipinski definition) is 6. The molecule has 0 aliphatic carbocycles. The highest BCUT2D eigenvalue weighted by Crippen LogP contribution is 2.09. The minimum Gasteiger partial charge on any atom is -0.229 e. The molecule has 0 radical (unpaired) electrons. The van der Waals surface area contributed by atoms with E-state index in [2.05, 4.69) is 26.3 Å². The van der Waals surface area contributed by atoms with Gasteiger partial charge in [-0.2, -0.15) is 0 Å². The first kappa shape index (κ1) is 26.3. The van der Waals surface area contributed by atoms with Crippen LogP contribution in [0.25, 0.3) is 0 Å². The van der Waals surface area contributed by atoms with E-state index in [-0.39, 0.29) is 11.5 Å². The molecule has 0 aliphatic rings. The Balaban J connectivity index is 0. The van der Waals surface area contributed by atoms with Crippen LogP contribution in [0, 0.1) is 0 Å². The van der Waals surface area contributed by atoms with Gasteiger partial charge in [-0.05, 0) is 12.1 Å². The van der Waals surface area contributed by atoms with Gasteiger partial charge in [0.1, 0.15) is 0 Å². The smallest absolute Gasteiger partial charge is 0.191 e. The number of rotatable bonds is 7. The van der Waals surface area contributed by atoms with E-state index in [1.54, 1.807) is 30.3 Å². The maximum absolute atomic E-state index is 11.4. The number of sulfone groups is 3. The molecule has 0 saturated carbocycles. The SMILES string of the molecule is C=CCS(=O)(=O)c1ccccc1.C=CCS(C)(=O)=O.C=CS(=O)(=O)C=C. The highest BCUT2D eigenvalue weighted by Gasteiger charge is 2.09. The quantitative estimate of drug-likeness (QED) is 0.628. The largest absolute Gasteiger partial charge is 0.229 e. The molecular weight excluding hydrogens is 396 g/mol. The van der Waals surface area contributed by atoms with E-state index >= 15 is 0 Å². The Kier molecular flexibility index (Phi) is 12.5. The van der Waals surface area contributed by atoms with Crippen molar-refractivity contribution in [1.29, 1.82) is 0 Å². The van der Waals surface area contributed by atoms with Crippen molar-refractivity contribution < 1.29 is 25.3 Å². The lowest BCUT2D eigenvalue weighted by Gasteiger charge is -1.98. The van der Waals surface area contributed by atoms with E-state index in [9.17, 15) is 25.3 Å². The molecule has 0 aliphatic heterocycles. The van der Waals surface area contributed by atoms with Crippen LogP contribution in [0.15, 0.2) is 84.5 Å². The molecule has 6 nitrogen and oxygen atoms in total. The van der Waals surface area contributed by atoms with Crippen molar-refractivity contribution in [3.05, 3.63) is 79.6 Å². The van der Waals surface area contributed by atoms with Crippen LogP contribution in [-0.4, -0.2) is 43.0 Å². The molecule has 0 amide bonds. The molecule has 0 heterocycles. The fourth-order valence-electron chi connectivity index (χ4n) is 1.16. The Morgan fingerprint density at radius 3 is 1.42 bits per heavy atom. The molecule has 26 heavy (non-hydrogen) atoms. The van der Waals surface area contributed by atoms with Gasteiger partial charge in [0.25, 0.3) is 0 Å². The minimum absolute atomic E-state index is 0.00296. The molecule has 0 spiro atoms. The van der Waals surface area contributed by atoms with Gasteiger partial charge in [-0.3, -0.25) is 0 Å². The Hall–Kier alpha value is -1.97. The summed E-state index contributed by atoms with van der Waals surface area (Å²) in [5.41, 5.74) is 0. The normalized spacial score (nSPS) is 10.8. The van der Waals surface area contributed by atoms with E-state index in [1.165, 1.54) is 18.4 Å². The zero-order chi connectivity index (χ0) is 20.9. The Morgan fingerprint density at radius 1 is 0.769 bits per heavy atom. The lowest BCUT2D eigenvalue weighted by atomic mass is 10.4. The van der Waals surface area contributed by atoms with Crippen molar-refractivity contribution in [3.63, 3.8) is 0 Å². The standard InChI is InChI=1S/C9H10O2S.C4H8O2S.C4H6O2S/c1-2-8-12(10,11)9-6-4-3-5-7-9;1-3-4-7(2,5)6;1-3-7(5,6)4-2/h2-7H,1,8H2;3H,1,4H2,2H3;3-4H,1-2H2. The molecule has 0 N–H and O–H groups in total. The molecule has 0 fully saturated rings. The molecule has 0 unspecified atom stereocenters. The first-order chi connectivity index (χ1) is 11.8. The van der Waals surface area contributed by atoms with Gasteiger partial charge in [-0.25, -0.2) is 25.3 Å². The van der Waals surface area contributed by atoms with Gasteiger partial charge in [-0.1, -0.05) is 43.5 Å². The van der Waals surface area contributed by atoms with Gasteiger partial charge in [-0.15, -0.1) is 13.2 Å². The third-order valence-electron chi connectivity index (χ3n) is 2.32. The predicted molar refractivity (Wildman–Crippen MR) is 108 cm³/mol. The summed E-state index contributed by atoms with van der Waals surface area (Å²) >= 11 is 0. The second kappa shape index (κ2) is 12.4. The summed E-state index contributed by atoms with van der Waals surface area (Å²) in [4.78, 5) is 0.352. The van der Waals surface area contributed by atoms with Crippen molar-refractivity contribution in [2.45, 2.75) is 4.90 Å². The molecule has 0 atom stereocenters. The summed E-state index contributed by atoms with van der Waals surface area (Å²) in [7, 11) is -9.05. The van der Waals surface area contributed by atoms with Crippen LogP contribution >= 0.6 is 0 Å². The third kappa shape index (κ3) is 14.4. The van der Waals surface area contributed by atoms with E-state index in [0.717, 1.165) is 10.8 Å². The van der Waals surface area contributed by atoms with Crippen LogP contribution in [-0.2, 0) is 29.5 Å². The van der Waals surface area contributed by atoms with Crippen LogP contribution in [0.1, 0.15) is 0 Å². The van der Waals surface area contributed by atoms with Crippen LogP contribution in [0.4, 0.5) is 0 Å². The summed E-state index contributed by atoms with van der Waals surface area (Å²) in [5, 5.41) is 1.69. The Morgan fingerprint density at radius 2 is 1.19 bits per heavy atom. The molecule has 0 aromatic heterocycles. The van der Waals surface area contributed by atoms with Crippen molar-refractivity contribution in [2.24, 2.45) is 0 Å². The highest BCUT2D eigenvalue weighted by atomic mass is 32.2. The van der Waals surface area contributed by atoms with Crippen molar-refractivity contribution in [1.82, 2.24) is 0 Å². The van der Waals surface area contributed by atoms with Gasteiger partial charge < -0.3 is 0 Å². The summed E-state index contributed by atoms with van der Waals surface area (Å²) in [5.74, 6) is 0.0734. The van der Waals surface area contributed by atoms with E-state index in [0.29, 0.717) is 4.90 Å². The van der Waals surface area contributed by atoms with Crippen LogP contribution in [0.5, 0.6) is 0 Å². The molecule has 0 bridgehead atoms. The summed E-state index contributed by atoms with van der Waals surface area (Å²) in [6.45, 7) is 12.7. The molecular formula is C17H24O6S3. The first-order valence-corrected chi connectivity index (χ1v) is 12.3. The molecule has 0 saturated heterocycles. The average molecular weight is 421 g/mol. The molecule has 146 valence electrons. The fraction of sp³-hybridized carbons (Fsp3) is 0.176. The first-order valence-electron chi connectivity index (χ1n) is 7.02. The average Bonchev–Trinajstić information content (AvgIpc) is 2.56. The Labute approximate surface area is 157 Å². The lowest BCUT2D eigenvalue weighted by molar-refractivity contribution is 0.598. The molecule has 9 heteroatoms. The van der Waals surface area contributed by atoms with Crippen molar-refractivity contribution in [2.75, 3.05) is 17.8 Å². The summed E-state index contributed by atoms with van der Waals surface area (Å²) in [6, 6.07) is 8.36.